The van der Waals surface area contributed by atoms with Crippen molar-refractivity contribution in [1.29, 1.82) is 0 Å². The Labute approximate surface area is 181 Å². The molecule has 0 spiro atoms. The largest absolute Gasteiger partial charge is 0.486 e. The Morgan fingerprint density at radius 1 is 1.13 bits per heavy atom. The van der Waals surface area contributed by atoms with Crippen molar-refractivity contribution in [2.24, 2.45) is 0 Å². The minimum absolute atomic E-state index is 0.148. The minimum atomic E-state index is -0.370. The number of methoxy groups -OCH3 is 1. The third-order valence-corrected chi connectivity index (χ3v) is 5.55. The van der Waals surface area contributed by atoms with Crippen molar-refractivity contribution in [3.05, 3.63) is 65.0 Å². The standard InChI is InChI=1S/C24H26N2O5/c1-15(19-9-10-21-22(13-19)30-12-11-29-21)26(3)14-20-16(2)31-23(25-20)17-5-7-18(8-6-17)24(27)28-4/h5-10,13,15H,11-12,14H2,1-4H3/t15-/m1/s1. The predicted molar refractivity (Wildman–Crippen MR) is 115 cm³/mol. The van der Waals surface area contributed by atoms with Crippen LogP contribution in [0.25, 0.3) is 11.5 Å². The Bertz CT molecular complexity index is 1070. The molecular weight excluding hydrogens is 396 g/mol. The summed E-state index contributed by atoms with van der Waals surface area (Å²) in [4.78, 5) is 18.5. The van der Waals surface area contributed by atoms with Crippen LogP contribution in [0.3, 0.4) is 0 Å². The summed E-state index contributed by atoms with van der Waals surface area (Å²) >= 11 is 0. The molecule has 0 saturated heterocycles. The Morgan fingerprint density at radius 3 is 2.55 bits per heavy atom. The van der Waals surface area contributed by atoms with Crippen molar-refractivity contribution in [1.82, 2.24) is 9.88 Å². The molecule has 7 nitrogen and oxygen atoms in total. The highest BCUT2D eigenvalue weighted by atomic mass is 16.6. The highest BCUT2D eigenvalue weighted by molar-refractivity contribution is 5.89. The SMILES string of the molecule is COC(=O)c1ccc(-c2nc(CN(C)[C@H](C)c3ccc4c(c3)OCCO4)c(C)o2)cc1. The average molecular weight is 422 g/mol. The topological polar surface area (TPSA) is 74.0 Å². The molecule has 2 heterocycles. The van der Waals surface area contributed by atoms with Crippen molar-refractivity contribution in [3.8, 4) is 23.0 Å². The first-order valence-corrected chi connectivity index (χ1v) is 10.2. The normalized spacial score (nSPS) is 13.8. The van der Waals surface area contributed by atoms with Crippen LogP contribution in [0.4, 0.5) is 0 Å². The van der Waals surface area contributed by atoms with Gasteiger partial charge in [0.15, 0.2) is 11.5 Å². The van der Waals surface area contributed by atoms with Gasteiger partial charge in [0.2, 0.25) is 5.89 Å². The van der Waals surface area contributed by atoms with Crippen LogP contribution in [0.2, 0.25) is 0 Å². The molecule has 2 aromatic carbocycles. The van der Waals surface area contributed by atoms with E-state index in [4.69, 9.17) is 23.6 Å². The molecule has 1 aliphatic rings. The predicted octanol–water partition coefficient (Wildman–Crippen LogP) is 4.40. The van der Waals surface area contributed by atoms with E-state index in [1.165, 1.54) is 7.11 Å². The third-order valence-electron chi connectivity index (χ3n) is 5.55. The summed E-state index contributed by atoms with van der Waals surface area (Å²) < 4.78 is 22.0. The number of esters is 1. The number of nitrogens with zero attached hydrogens (tertiary/aromatic N) is 2. The fourth-order valence-corrected chi connectivity index (χ4v) is 3.51. The lowest BCUT2D eigenvalue weighted by Crippen LogP contribution is -2.23. The van der Waals surface area contributed by atoms with Crippen LogP contribution in [-0.4, -0.2) is 43.2 Å². The molecule has 1 aliphatic heterocycles. The number of oxazole rings is 1. The highest BCUT2D eigenvalue weighted by Crippen LogP contribution is 2.34. The molecule has 0 bridgehead atoms. The van der Waals surface area contributed by atoms with E-state index >= 15 is 0 Å². The molecule has 0 amide bonds. The third kappa shape index (κ3) is 4.41. The van der Waals surface area contributed by atoms with Gasteiger partial charge in [0.1, 0.15) is 19.0 Å². The minimum Gasteiger partial charge on any atom is -0.486 e. The molecule has 162 valence electrons. The van der Waals surface area contributed by atoms with Crippen LogP contribution in [0.1, 0.15) is 40.3 Å². The monoisotopic (exact) mass is 422 g/mol. The lowest BCUT2D eigenvalue weighted by molar-refractivity contribution is 0.0600. The van der Waals surface area contributed by atoms with Crippen LogP contribution < -0.4 is 9.47 Å². The zero-order valence-electron chi connectivity index (χ0n) is 18.2. The number of hydrogen-bond donors (Lipinski definition) is 0. The molecule has 1 atom stereocenters. The number of benzene rings is 2. The Balaban J connectivity index is 1.48. The second-order valence-electron chi connectivity index (χ2n) is 7.59. The van der Waals surface area contributed by atoms with Crippen LogP contribution in [-0.2, 0) is 11.3 Å². The van der Waals surface area contributed by atoms with Crippen LogP contribution in [0.15, 0.2) is 46.9 Å². The van der Waals surface area contributed by atoms with E-state index in [2.05, 4.69) is 24.9 Å². The summed E-state index contributed by atoms with van der Waals surface area (Å²) in [5.74, 6) is 2.52. The molecule has 0 unspecified atom stereocenters. The summed E-state index contributed by atoms with van der Waals surface area (Å²) in [6, 6.07) is 13.2. The Kier molecular flexibility index (Phi) is 5.95. The molecule has 0 saturated carbocycles. The maximum absolute atomic E-state index is 11.6. The summed E-state index contributed by atoms with van der Waals surface area (Å²) in [6.45, 7) is 5.85. The van der Waals surface area contributed by atoms with Crippen LogP contribution >= 0.6 is 0 Å². The van der Waals surface area contributed by atoms with Gasteiger partial charge in [-0.05, 0) is 62.9 Å². The smallest absolute Gasteiger partial charge is 0.337 e. The number of fused-ring (bicyclic) bond motifs is 1. The fourth-order valence-electron chi connectivity index (χ4n) is 3.51. The average Bonchev–Trinajstić information content (AvgIpc) is 3.17. The summed E-state index contributed by atoms with van der Waals surface area (Å²) in [5, 5.41) is 0. The fraction of sp³-hybridized carbons (Fsp3) is 0.333. The van der Waals surface area contributed by atoms with Gasteiger partial charge in [-0.1, -0.05) is 6.07 Å². The molecule has 0 radical (unpaired) electrons. The maximum atomic E-state index is 11.6. The molecule has 3 aromatic rings. The Hall–Kier alpha value is -3.32. The molecule has 31 heavy (non-hydrogen) atoms. The molecule has 0 fully saturated rings. The molecule has 0 N–H and O–H groups in total. The molecule has 1 aromatic heterocycles. The van der Waals surface area contributed by atoms with Gasteiger partial charge in [-0.25, -0.2) is 9.78 Å². The van der Waals surface area contributed by atoms with E-state index in [-0.39, 0.29) is 12.0 Å². The zero-order valence-corrected chi connectivity index (χ0v) is 18.2. The lowest BCUT2D eigenvalue weighted by Gasteiger charge is -2.26. The van der Waals surface area contributed by atoms with Gasteiger partial charge in [-0.15, -0.1) is 0 Å². The van der Waals surface area contributed by atoms with E-state index in [0.29, 0.717) is 31.2 Å². The van der Waals surface area contributed by atoms with E-state index in [1.807, 2.05) is 31.2 Å². The number of ether oxygens (including phenoxy) is 3. The van der Waals surface area contributed by atoms with Crippen molar-refractivity contribution < 1.29 is 23.4 Å². The Morgan fingerprint density at radius 2 is 1.84 bits per heavy atom. The van der Waals surface area contributed by atoms with Crippen LogP contribution in [0, 0.1) is 6.92 Å². The van der Waals surface area contributed by atoms with Crippen LogP contribution in [0.5, 0.6) is 11.5 Å². The molecule has 4 rings (SSSR count). The number of carbonyl (C=O) groups excluding carboxylic acids is 1. The van der Waals surface area contributed by atoms with Gasteiger partial charge in [0.25, 0.3) is 0 Å². The lowest BCUT2D eigenvalue weighted by atomic mass is 10.1. The molecular formula is C24H26N2O5. The number of hydrogen-bond acceptors (Lipinski definition) is 7. The maximum Gasteiger partial charge on any atom is 0.337 e. The van der Waals surface area contributed by atoms with Gasteiger partial charge in [0.05, 0.1) is 18.4 Å². The van der Waals surface area contributed by atoms with E-state index in [1.54, 1.807) is 12.1 Å². The number of carbonyl (C=O) groups is 1. The summed E-state index contributed by atoms with van der Waals surface area (Å²) in [7, 11) is 3.42. The number of aromatic nitrogens is 1. The first-order valence-electron chi connectivity index (χ1n) is 10.2. The van der Waals surface area contributed by atoms with Gasteiger partial charge >= 0.3 is 5.97 Å². The van der Waals surface area contributed by atoms with E-state index in [0.717, 1.165) is 34.1 Å². The second kappa shape index (κ2) is 8.81. The van der Waals surface area contributed by atoms with Gasteiger partial charge in [-0.2, -0.15) is 0 Å². The van der Waals surface area contributed by atoms with Gasteiger partial charge in [0, 0.05) is 18.2 Å². The number of rotatable bonds is 6. The van der Waals surface area contributed by atoms with Gasteiger partial charge < -0.3 is 18.6 Å². The number of aryl methyl sites for hydroxylation is 1. The zero-order chi connectivity index (χ0) is 22.0. The van der Waals surface area contributed by atoms with Crippen molar-refractivity contribution in [3.63, 3.8) is 0 Å². The van der Waals surface area contributed by atoms with Crippen molar-refractivity contribution in [2.75, 3.05) is 27.4 Å². The van der Waals surface area contributed by atoms with E-state index < -0.39 is 0 Å². The second-order valence-corrected chi connectivity index (χ2v) is 7.59. The molecule has 7 heteroatoms. The van der Waals surface area contributed by atoms with E-state index in [9.17, 15) is 4.79 Å². The van der Waals surface area contributed by atoms with Crippen molar-refractivity contribution >= 4 is 5.97 Å². The first kappa shape index (κ1) is 20.9. The summed E-state index contributed by atoms with van der Waals surface area (Å²) in [5.41, 5.74) is 3.32. The highest BCUT2D eigenvalue weighted by Gasteiger charge is 2.20. The first-order chi connectivity index (χ1) is 15.0. The molecule has 0 aliphatic carbocycles. The quantitative estimate of drug-likeness (QED) is 0.545. The van der Waals surface area contributed by atoms with Crippen molar-refractivity contribution in [2.45, 2.75) is 26.4 Å². The summed E-state index contributed by atoms with van der Waals surface area (Å²) in [6.07, 6.45) is 0. The van der Waals surface area contributed by atoms with Gasteiger partial charge in [-0.3, -0.25) is 4.90 Å².